The molecule has 1 aromatic heterocycles. The minimum Gasteiger partial charge on any atom is -0.486 e. The van der Waals surface area contributed by atoms with E-state index in [1.165, 1.54) is 25.7 Å². The highest BCUT2D eigenvalue weighted by Gasteiger charge is 2.46. The SMILES string of the molecule is CC1CCC(c2nnnn2-c2ccc3c(c2)OCCO3)(N2CCCC2)CC1. The normalized spacial score (nSPS) is 28.4. The zero-order valence-electron chi connectivity index (χ0n) is 15.9. The Hall–Kier alpha value is -2.15. The molecule has 0 atom stereocenters. The van der Waals surface area contributed by atoms with E-state index in [1.807, 2.05) is 22.9 Å². The van der Waals surface area contributed by atoms with Crippen LogP contribution in [0.2, 0.25) is 0 Å². The lowest BCUT2D eigenvalue weighted by Crippen LogP contribution is -2.48. The molecule has 0 unspecified atom stereocenters. The summed E-state index contributed by atoms with van der Waals surface area (Å²) in [6.07, 6.45) is 7.24. The summed E-state index contributed by atoms with van der Waals surface area (Å²) in [5.41, 5.74) is 0.885. The van der Waals surface area contributed by atoms with Crippen LogP contribution in [-0.4, -0.2) is 51.4 Å². The van der Waals surface area contributed by atoms with Crippen LogP contribution in [0.5, 0.6) is 11.5 Å². The van der Waals surface area contributed by atoms with Crippen LogP contribution in [0, 0.1) is 5.92 Å². The third-order valence-corrected chi connectivity index (χ3v) is 6.47. The highest BCUT2D eigenvalue weighted by molar-refractivity contribution is 5.49. The fourth-order valence-electron chi connectivity index (χ4n) is 4.88. The average molecular weight is 369 g/mol. The fraction of sp³-hybridized carbons (Fsp3) is 0.650. The zero-order chi connectivity index (χ0) is 18.3. The van der Waals surface area contributed by atoms with Gasteiger partial charge in [-0.15, -0.1) is 5.10 Å². The number of rotatable bonds is 3. The molecule has 3 aliphatic rings. The van der Waals surface area contributed by atoms with E-state index in [1.54, 1.807) is 0 Å². The van der Waals surface area contributed by atoms with Crippen molar-refractivity contribution in [2.75, 3.05) is 26.3 Å². The quantitative estimate of drug-likeness (QED) is 0.829. The van der Waals surface area contributed by atoms with Gasteiger partial charge in [-0.3, -0.25) is 4.90 Å². The molecule has 0 spiro atoms. The molecule has 0 N–H and O–H groups in total. The second-order valence-corrected chi connectivity index (χ2v) is 8.15. The van der Waals surface area contributed by atoms with Crippen molar-refractivity contribution in [2.45, 2.75) is 51.0 Å². The summed E-state index contributed by atoms with van der Waals surface area (Å²) in [7, 11) is 0. The van der Waals surface area contributed by atoms with E-state index in [0.717, 1.165) is 54.9 Å². The van der Waals surface area contributed by atoms with Crippen molar-refractivity contribution in [1.29, 1.82) is 0 Å². The van der Waals surface area contributed by atoms with Gasteiger partial charge in [-0.1, -0.05) is 6.92 Å². The second kappa shape index (κ2) is 6.78. The first-order valence-electron chi connectivity index (χ1n) is 10.2. The molecule has 0 radical (unpaired) electrons. The van der Waals surface area contributed by atoms with E-state index in [-0.39, 0.29) is 5.54 Å². The zero-order valence-corrected chi connectivity index (χ0v) is 15.9. The molecule has 144 valence electrons. The Kier molecular flexibility index (Phi) is 4.27. The summed E-state index contributed by atoms with van der Waals surface area (Å²) in [5.74, 6) is 3.32. The highest BCUT2D eigenvalue weighted by atomic mass is 16.6. The number of likely N-dealkylation sites (tertiary alicyclic amines) is 1. The predicted octanol–water partition coefficient (Wildman–Crippen LogP) is 2.93. The number of hydrogen-bond donors (Lipinski definition) is 0. The van der Waals surface area contributed by atoms with Crippen molar-refractivity contribution in [3.05, 3.63) is 24.0 Å². The monoisotopic (exact) mass is 369 g/mol. The van der Waals surface area contributed by atoms with Crippen LogP contribution in [0.15, 0.2) is 18.2 Å². The summed E-state index contributed by atoms with van der Waals surface area (Å²) in [6, 6.07) is 5.98. The lowest BCUT2D eigenvalue weighted by atomic mass is 9.75. The topological polar surface area (TPSA) is 65.3 Å². The Morgan fingerprint density at radius 3 is 2.56 bits per heavy atom. The van der Waals surface area contributed by atoms with E-state index >= 15 is 0 Å². The minimum absolute atomic E-state index is 0.0558. The maximum Gasteiger partial charge on any atom is 0.176 e. The van der Waals surface area contributed by atoms with E-state index < -0.39 is 0 Å². The summed E-state index contributed by atoms with van der Waals surface area (Å²) in [4.78, 5) is 2.64. The molecule has 0 bridgehead atoms. The van der Waals surface area contributed by atoms with Crippen molar-refractivity contribution in [2.24, 2.45) is 5.92 Å². The molecule has 3 heterocycles. The molecule has 1 saturated carbocycles. The Morgan fingerprint density at radius 2 is 1.78 bits per heavy atom. The van der Waals surface area contributed by atoms with E-state index in [0.29, 0.717) is 13.2 Å². The van der Waals surface area contributed by atoms with Gasteiger partial charge in [-0.05, 0) is 80.1 Å². The third-order valence-electron chi connectivity index (χ3n) is 6.47. The second-order valence-electron chi connectivity index (χ2n) is 8.15. The maximum atomic E-state index is 5.77. The van der Waals surface area contributed by atoms with Crippen molar-refractivity contribution in [1.82, 2.24) is 25.1 Å². The molecule has 2 aromatic rings. The molecular weight excluding hydrogens is 342 g/mol. The molecule has 7 nitrogen and oxygen atoms in total. The van der Waals surface area contributed by atoms with Crippen LogP contribution in [0.3, 0.4) is 0 Å². The molecule has 2 fully saturated rings. The smallest absolute Gasteiger partial charge is 0.176 e. The number of fused-ring (bicyclic) bond motifs is 1. The van der Waals surface area contributed by atoms with Crippen LogP contribution in [0.4, 0.5) is 0 Å². The van der Waals surface area contributed by atoms with Crippen LogP contribution in [-0.2, 0) is 5.54 Å². The summed E-state index contributed by atoms with van der Waals surface area (Å²) >= 11 is 0. The molecule has 1 aliphatic carbocycles. The van der Waals surface area contributed by atoms with Crippen molar-refractivity contribution < 1.29 is 9.47 Å². The standard InChI is InChI=1S/C20H27N5O2/c1-15-6-8-20(9-7-15,24-10-2-3-11-24)19-21-22-23-25(19)16-4-5-17-18(14-16)27-13-12-26-17/h4-5,14-15H,2-3,6-13H2,1H3. The van der Waals surface area contributed by atoms with Gasteiger partial charge in [-0.25, -0.2) is 0 Å². The van der Waals surface area contributed by atoms with Gasteiger partial charge >= 0.3 is 0 Å². The van der Waals surface area contributed by atoms with E-state index in [2.05, 4.69) is 27.3 Å². The van der Waals surface area contributed by atoms with Gasteiger partial charge in [-0.2, -0.15) is 4.68 Å². The van der Waals surface area contributed by atoms with Crippen LogP contribution in [0.1, 0.15) is 51.3 Å². The number of benzene rings is 1. The van der Waals surface area contributed by atoms with Crippen LogP contribution in [0.25, 0.3) is 5.69 Å². The summed E-state index contributed by atoms with van der Waals surface area (Å²) in [5, 5.41) is 13.0. The van der Waals surface area contributed by atoms with Crippen molar-refractivity contribution in [3.8, 4) is 17.2 Å². The number of ether oxygens (including phenoxy) is 2. The molecule has 5 rings (SSSR count). The fourth-order valence-corrected chi connectivity index (χ4v) is 4.88. The predicted molar refractivity (Wildman–Crippen MR) is 100 cm³/mol. The molecule has 1 aromatic carbocycles. The largest absolute Gasteiger partial charge is 0.486 e. The Labute approximate surface area is 159 Å². The van der Waals surface area contributed by atoms with Crippen molar-refractivity contribution >= 4 is 0 Å². The van der Waals surface area contributed by atoms with Crippen molar-refractivity contribution in [3.63, 3.8) is 0 Å². The van der Waals surface area contributed by atoms with Crippen LogP contribution >= 0.6 is 0 Å². The average Bonchev–Trinajstić information content (AvgIpc) is 3.41. The van der Waals surface area contributed by atoms with Crippen LogP contribution < -0.4 is 9.47 Å². The lowest BCUT2D eigenvalue weighted by Gasteiger charge is -2.44. The van der Waals surface area contributed by atoms with Gasteiger partial charge in [0.25, 0.3) is 0 Å². The van der Waals surface area contributed by atoms with Gasteiger partial charge in [0.1, 0.15) is 13.2 Å². The number of tetrazole rings is 1. The van der Waals surface area contributed by atoms with Gasteiger partial charge < -0.3 is 9.47 Å². The number of nitrogens with zero attached hydrogens (tertiary/aromatic N) is 5. The molecule has 7 heteroatoms. The molecule has 2 aliphatic heterocycles. The first-order chi connectivity index (χ1) is 13.3. The Bertz CT molecular complexity index is 806. The number of aromatic nitrogens is 4. The third kappa shape index (κ3) is 2.88. The van der Waals surface area contributed by atoms with Gasteiger partial charge in [0.2, 0.25) is 0 Å². The Morgan fingerprint density at radius 1 is 1.04 bits per heavy atom. The number of hydrogen-bond acceptors (Lipinski definition) is 6. The lowest BCUT2D eigenvalue weighted by molar-refractivity contribution is 0.0455. The molecular formula is C20H27N5O2. The van der Waals surface area contributed by atoms with Gasteiger partial charge in [0.15, 0.2) is 17.3 Å². The molecule has 1 saturated heterocycles. The van der Waals surface area contributed by atoms with Gasteiger partial charge in [0, 0.05) is 6.07 Å². The van der Waals surface area contributed by atoms with E-state index in [4.69, 9.17) is 9.47 Å². The Balaban J connectivity index is 1.56. The first-order valence-corrected chi connectivity index (χ1v) is 10.2. The maximum absolute atomic E-state index is 5.77. The first kappa shape index (κ1) is 17.0. The summed E-state index contributed by atoms with van der Waals surface area (Å²) < 4.78 is 13.4. The summed E-state index contributed by atoms with van der Waals surface area (Å²) in [6.45, 7) is 5.82. The van der Waals surface area contributed by atoms with Gasteiger partial charge in [0.05, 0.1) is 11.2 Å². The highest BCUT2D eigenvalue weighted by Crippen LogP contribution is 2.45. The minimum atomic E-state index is -0.0558. The molecule has 27 heavy (non-hydrogen) atoms. The molecule has 0 amide bonds. The van der Waals surface area contributed by atoms with E-state index in [9.17, 15) is 0 Å².